The average molecular weight is 564 g/mol. The van der Waals surface area contributed by atoms with Crippen molar-refractivity contribution in [1.29, 1.82) is 0 Å². The second kappa shape index (κ2) is 8.55. The van der Waals surface area contributed by atoms with Gasteiger partial charge in [-0.05, 0) is 0 Å². The first-order valence-corrected chi connectivity index (χ1v) is 17.3. The monoisotopic (exact) mass is 562 g/mol. The van der Waals surface area contributed by atoms with Gasteiger partial charge in [-0.15, -0.1) is 0 Å². The van der Waals surface area contributed by atoms with E-state index in [1.807, 2.05) is 0 Å². The van der Waals surface area contributed by atoms with Crippen molar-refractivity contribution < 1.29 is 21.3 Å². The molecule has 180 valence electrons. The molecule has 38 heavy (non-hydrogen) atoms. The molecule has 4 aliphatic carbocycles. The number of hydrogen-bond acceptors (Lipinski definition) is 0. The molecule has 0 nitrogen and oxygen atoms in total. The summed E-state index contributed by atoms with van der Waals surface area (Å²) in [5.74, 6) is 0. The first-order chi connectivity index (χ1) is 18.7. The SMILES string of the molecule is C[C](C)=[Zr]([C]1=CC=C2C1=CCc1ccc3ccccc3c12)[C]1=CC=C2C1=CCc1ccc3ccccc3c12. The summed E-state index contributed by atoms with van der Waals surface area (Å²) in [5.41, 5.74) is 11.7. The second-order valence-corrected chi connectivity index (χ2v) is 17.9. The molecule has 1 heteroatoms. The summed E-state index contributed by atoms with van der Waals surface area (Å²) < 4.78 is 4.93. The van der Waals surface area contributed by atoms with Gasteiger partial charge in [0.05, 0.1) is 0 Å². The van der Waals surface area contributed by atoms with Crippen molar-refractivity contribution in [2.24, 2.45) is 0 Å². The van der Waals surface area contributed by atoms with Crippen LogP contribution in [0.3, 0.4) is 0 Å². The van der Waals surface area contributed by atoms with E-state index in [0.717, 1.165) is 12.8 Å². The quantitative estimate of drug-likeness (QED) is 0.228. The van der Waals surface area contributed by atoms with E-state index in [0.29, 0.717) is 0 Å². The molecular weight excluding hydrogens is 536 g/mol. The molecule has 0 aromatic heterocycles. The van der Waals surface area contributed by atoms with Crippen LogP contribution in [0, 0.1) is 0 Å². The van der Waals surface area contributed by atoms with Crippen LogP contribution in [-0.4, -0.2) is 3.21 Å². The second-order valence-electron chi connectivity index (χ2n) is 11.0. The summed E-state index contributed by atoms with van der Waals surface area (Å²) in [6, 6.07) is 27.0. The van der Waals surface area contributed by atoms with Gasteiger partial charge in [-0.3, -0.25) is 0 Å². The molecule has 0 bridgehead atoms. The minimum absolute atomic E-state index is 1.02. The third-order valence-electron chi connectivity index (χ3n) is 8.65. The minimum atomic E-state index is -2.32. The molecule has 0 radical (unpaired) electrons. The summed E-state index contributed by atoms with van der Waals surface area (Å²) >= 11 is -2.32. The van der Waals surface area contributed by atoms with Gasteiger partial charge in [0.15, 0.2) is 0 Å². The van der Waals surface area contributed by atoms with Crippen LogP contribution in [0.5, 0.6) is 0 Å². The van der Waals surface area contributed by atoms with E-state index in [-0.39, 0.29) is 0 Å². The van der Waals surface area contributed by atoms with Crippen LogP contribution in [0.2, 0.25) is 0 Å². The Bertz CT molecular complexity index is 1820. The summed E-state index contributed by atoms with van der Waals surface area (Å²) in [6.45, 7) is 4.79. The Balaban J connectivity index is 1.20. The Morgan fingerprint density at radius 2 is 1.00 bits per heavy atom. The maximum absolute atomic E-state index is 2.52. The van der Waals surface area contributed by atoms with Gasteiger partial charge in [-0.25, -0.2) is 0 Å². The molecule has 0 fully saturated rings. The van der Waals surface area contributed by atoms with Crippen LogP contribution in [0.1, 0.15) is 36.1 Å². The van der Waals surface area contributed by atoms with Gasteiger partial charge in [0.1, 0.15) is 0 Å². The van der Waals surface area contributed by atoms with Crippen LogP contribution < -0.4 is 0 Å². The van der Waals surface area contributed by atoms with Gasteiger partial charge in [-0.2, -0.15) is 0 Å². The molecule has 8 rings (SSSR count). The fourth-order valence-electron chi connectivity index (χ4n) is 7.01. The van der Waals surface area contributed by atoms with Crippen molar-refractivity contribution >= 4 is 35.9 Å². The number of fused-ring (bicyclic) bond motifs is 10. The fourth-order valence-corrected chi connectivity index (χ4v) is 14.1. The number of benzene rings is 4. The van der Waals surface area contributed by atoms with E-state index in [1.165, 1.54) is 66.1 Å². The zero-order valence-electron chi connectivity index (χ0n) is 21.8. The fraction of sp³-hybridized carbons (Fsp3) is 0.108. The Labute approximate surface area is 231 Å². The molecule has 4 aromatic carbocycles. The van der Waals surface area contributed by atoms with Gasteiger partial charge in [-0.1, -0.05) is 0 Å². The molecule has 0 atom stereocenters. The Kier molecular flexibility index (Phi) is 5.08. The van der Waals surface area contributed by atoms with Crippen molar-refractivity contribution in [3.8, 4) is 0 Å². The van der Waals surface area contributed by atoms with E-state index in [9.17, 15) is 0 Å². The van der Waals surface area contributed by atoms with Crippen LogP contribution in [0.4, 0.5) is 0 Å². The molecule has 4 aromatic rings. The Morgan fingerprint density at radius 1 is 0.526 bits per heavy atom. The van der Waals surface area contributed by atoms with Crippen LogP contribution in [0.25, 0.3) is 32.7 Å². The third kappa shape index (κ3) is 3.21. The topological polar surface area (TPSA) is 0 Å². The summed E-state index contributed by atoms with van der Waals surface area (Å²) in [7, 11) is 0. The van der Waals surface area contributed by atoms with E-state index in [2.05, 4.69) is 123 Å². The van der Waals surface area contributed by atoms with E-state index >= 15 is 0 Å². The van der Waals surface area contributed by atoms with Crippen molar-refractivity contribution in [2.75, 3.05) is 0 Å². The standard InChI is InChI=1S/2C17H11.C3H6.Zr/c2*1-2-6-15-12(4-1)8-10-14-11-9-13-5-3-7-16(13)17(14)15;1-3-2;/h2*1-4,6-10H,11H2;1-2H3;. The first kappa shape index (κ1) is 22.6. The zero-order chi connectivity index (χ0) is 25.4. The van der Waals surface area contributed by atoms with Gasteiger partial charge >= 0.3 is 233 Å². The predicted molar refractivity (Wildman–Crippen MR) is 160 cm³/mol. The Morgan fingerprint density at radius 3 is 1.47 bits per heavy atom. The van der Waals surface area contributed by atoms with Gasteiger partial charge in [0.2, 0.25) is 0 Å². The molecule has 0 heterocycles. The molecule has 0 aliphatic heterocycles. The molecule has 0 saturated carbocycles. The first-order valence-electron chi connectivity index (χ1n) is 13.6. The average Bonchev–Trinajstić information content (AvgIpc) is 3.57. The zero-order valence-corrected chi connectivity index (χ0v) is 24.3. The third-order valence-corrected chi connectivity index (χ3v) is 15.9. The van der Waals surface area contributed by atoms with Crippen molar-refractivity contribution in [3.63, 3.8) is 0 Å². The normalized spacial score (nSPS) is 16.9. The molecule has 4 aliphatic rings. The number of allylic oxidation sites excluding steroid dienone is 12. The van der Waals surface area contributed by atoms with E-state index in [1.54, 1.807) is 9.77 Å². The van der Waals surface area contributed by atoms with E-state index < -0.39 is 21.3 Å². The molecule has 0 saturated heterocycles. The molecule has 0 amide bonds. The van der Waals surface area contributed by atoms with Crippen LogP contribution in [0.15, 0.2) is 127 Å². The number of hydrogen-bond donors (Lipinski definition) is 0. The van der Waals surface area contributed by atoms with Gasteiger partial charge in [0.25, 0.3) is 0 Å². The Hall–Kier alpha value is -3.41. The van der Waals surface area contributed by atoms with Crippen molar-refractivity contribution in [2.45, 2.75) is 26.7 Å². The number of rotatable bonds is 2. The van der Waals surface area contributed by atoms with Crippen molar-refractivity contribution in [3.05, 3.63) is 149 Å². The summed E-state index contributed by atoms with van der Waals surface area (Å²) in [5, 5.41) is 5.46. The predicted octanol–water partition coefficient (Wildman–Crippen LogP) is 9.05. The van der Waals surface area contributed by atoms with E-state index in [4.69, 9.17) is 0 Å². The van der Waals surface area contributed by atoms with Gasteiger partial charge in [0, 0.05) is 0 Å². The maximum atomic E-state index is 2.52. The summed E-state index contributed by atoms with van der Waals surface area (Å²) in [6.07, 6.45) is 16.9. The van der Waals surface area contributed by atoms with Crippen molar-refractivity contribution in [1.82, 2.24) is 0 Å². The van der Waals surface area contributed by atoms with Crippen LogP contribution >= 0.6 is 0 Å². The molecule has 0 N–H and O–H groups in total. The van der Waals surface area contributed by atoms with Gasteiger partial charge < -0.3 is 0 Å². The summed E-state index contributed by atoms with van der Waals surface area (Å²) in [4.78, 5) is 0. The van der Waals surface area contributed by atoms with Crippen LogP contribution in [-0.2, 0) is 34.1 Å². The molecular formula is C37H28Zr. The molecule has 0 unspecified atom stereocenters. The molecule has 0 spiro atoms.